The topological polar surface area (TPSA) is 12.0 Å². The minimum absolute atomic E-state index is 0.177. The van der Waals surface area contributed by atoms with Gasteiger partial charge in [0.25, 0.3) is 0 Å². The molecule has 17 heavy (non-hydrogen) atoms. The summed E-state index contributed by atoms with van der Waals surface area (Å²) in [6.45, 7) is 7.10. The molecule has 0 amide bonds. The fourth-order valence-corrected chi connectivity index (χ4v) is 1.84. The molecule has 3 heteroatoms. The van der Waals surface area contributed by atoms with E-state index in [4.69, 9.17) is 0 Å². The van der Waals surface area contributed by atoms with Crippen LogP contribution < -0.4 is 5.32 Å². The van der Waals surface area contributed by atoms with Gasteiger partial charge >= 0.3 is 0 Å². The molecular weight excluding hydrogens is 281 g/mol. The van der Waals surface area contributed by atoms with E-state index < -0.39 is 0 Å². The van der Waals surface area contributed by atoms with Crippen LogP contribution in [-0.4, -0.2) is 12.6 Å². The summed E-state index contributed by atoms with van der Waals surface area (Å²) in [4.78, 5) is 0. The average Bonchev–Trinajstić information content (AvgIpc) is 2.28. The Balaban J connectivity index is 2.86. The first-order chi connectivity index (χ1) is 8.02. The molecule has 0 heterocycles. The number of benzene rings is 1. The maximum Gasteiger partial charge on any atom is 0.130 e. The van der Waals surface area contributed by atoms with Crippen molar-refractivity contribution in [2.24, 2.45) is 0 Å². The van der Waals surface area contributed by atoms with E-state index >= 15 is 0 Å². The van der Waals surface area contributed by atoms with E-state index in [1.54, 1.807) is 12.1 Å². The van der Waals surface area contributed by atoms with Crippen molar-refractivity contribution >= 4 is 22.0 Å². The summed E-state index contributed by atoms with van der Waals surface area (Å²) in [6, 6.07) is 5.45. The number of rotatable bonds is 5. The highest BCUT2D eigenvalue weighted by Gasteiger charge is 2.02. The van der Waals surface area contributed by atoms with Gasteiger partial charge < -0.3 is 5.32 Å². The van der Waals surface area contributed by atoms with E-state index in [2.05, 4.69) is 42.0 Å². The van der Waals surface area contributed by atoms with E-state index in [1.807, 2.05) is 6.08 Å². The van der Waals surface area contributed by atoms with Crippen molar-refractivity contribution in [3.8, 4) is 0 Å². The van der Waals surface area contributed by atoms with Gasteiger partial charge in [-0.3, -0.25) is 0 Å². The van der Waals surface area contributed by atoms with Crippen molar-refractivity contribution in [3.05, 3.63) is 39.6 Å². The molecule has 0 atom stereocenters. The molecule has 0 bridgehead atoms. The second kappa shape index (κ2) is 6.92. The lowest BCUT2D eigenvalue weighted by Gasteiger charge is -2.10. The van der Waals surface area contributed by atoms with Gasteiger partial charge in [0.15, 0.2) is 0 Å². The quantitative estimate of drug-likeness (QED) is 0.851. The van der Waals surface area contributed by atoms with Crippen LogP contribution in [0.4, 0.5) is 4.39 Å². The van der Waals surface area contributed by atoms with E-state index in [1.165, 1.54) is 11.6 Å². The monoisotopic (exact) mass is 299 g/mol. The molecule has 1 aromatic carbocycles. The fraction of sp³-hybridized carbons (Fsp3) is 0.429. The van der Waals surface area contributed by atoms with Crippen LogP contribution in [0.15, 0.2) is 28.2 Å². The Bertz CT molecular complexity index is 399. The zero-order valence-electron chi connectivity index (χ0n) is 10.6. The summed E-state index contributed by atoms with van der Waals surface area (Å²) in [5, 5.41) is 3.35. The smallest absolute Gasteiger partial charge is 0.130 e. The minimum Gasteiger partial charge on any atom is -0.311 e. The summed E-state index contributed by atoms with van der Waals surface area (Å²) in [5.74, 6) is -0.177. The predicted molar refractivity (Wildman–Crippen MR) is 75.5 cm³/mol. The predicted octanol–water partition coefficient (Wildman–Crippen LogP) is 4.38. The highest BCUT2D eigenvalue weighted by Crippen LogP contribution is 2.18. The molecule has 0 spiro atoms. The second-order valence-corrected chi connectivity index (χ2v) is 5.27. The molecule has 0 fully saturated rings. The van der Waals surface area contributed by atoms with Crippen LogP contribution >= 0.6 is 15.9 Å². The summed E-state index contributed by atoms with van der Waals surface area (Å²) >= 11 is 3.36. The summed E-state index contributed by atoms with van der Waals surface area (Å²) in [7, 11) is 0. The molecule has 1 rings (SSSR count). The average molecular weight is 300 g/mol. The van der Waals surface area contributed by atoms with E-state index in [0.29, 0.717) is 11.6 Å². The van der Waals surface area contributed by atoms with Crippen molar-refractivity contribution in [1.29, 1.82) is 0 Å². The lowest BCUT2D eigenvalue weighted by atomic mass is 10.1. The van der Waals surface area contributed by atoms with Crippen LogP contribution in [-0.2, 0) is 0 Å². The Morgan fingerprint density at radius 1 is 1.47 bits per heavy atom. The Morgan fingerprint density at radius 2 is 2.18 bits per heavy atom. The van der Waals surface area contributed by atoms with Gasteiger partial charge in [-0.2, -0.15) is 0 Å². The molecule has 0 saturated carbocycles. The van der Waals surface area contributed by atoms with Crippen LogP contribution in [0.5, 0.6) is 0 Å². The minimum atomic E-state index is -0.177. The number of hydrogen-bond acceptors (Lipinski definition) is 1. The lowest BCUT2D eigenvalue weighted by molar-refractivity contribution is 0.614. The third-order valence-corrected chi connectivity index (χ3v) is 3.00. The van der Waals surface area contributed by atoms with Gasteiger partial charge in [-0.15, -0.1) is 0 Å². The van der Waals surface area contributed by atoms with E-state index in [-0.39, 0.29) is 5.82 Å². The Kier molecular flexibility index (Phi) is 5.86. The van der Waals surface area contributed by atoms with Gasteiger partial charge in [-0.1, -0.05) is 48.4 Å². The number of halogens is 2. The highest BCUT2D eigenvalue weighted by molar-refractivity contribution is 9.10. The Labute approximate surface area is 111 Å². The van der Waals surface area contributed by atoms with E-state index in [9.17, 15) is 4.39 Å². The van der Waals surface area contributed by atoms with Crippen LogP contribution in [0.1, 0.15) is 32.8 Å². The molecule has 0 aliphatic carbocycles. The van der Waals surface area contributed by atoms with Gasteiger partial charge in [0.05, 0.1) is 0 Å². The Hall–Kier alpha value is -0.670. The van der Waals surface area contributed by atoms with Crippen LogP contribution in [0.3, 0.4) is 0 Å². The zero-order chi connectivity index (χ0) is 12.8. The molecular formula is C14H19BrFN. The highest BCUT2D eigenvalue weighted by atomic mass is 79.9. The Morgan fingerprint density at radius 3 is 2.76 bits per heavy atom. The SMILES string of the molecule is CCC(=Cc1cc(Br)ccc1F)CNC(C)C. The van der Waals surface area contributed by atoms with Crippen LogP contribution in [0.2, 0.25) is 0 Å². The molecule has 0 radical (unpaired) electrons. The maximum absolute atomic E-state index is 13.6. The van der Waals surface area contributed by atoms with Crippen molar-refractivity contribution in [2.75, 3.05) is 6.54 Å². The zero-order valence-corrected chi connectivity index (χ0v) is 12.1. The molecule has 0 aliphatic rings. The molecule has 0 unspecified atom stereocenters. The van der Waals surface area contributed by atoms with Gasteiger partial charge in [0, 0.05) is 22.6 Å². The van der Waals surface area contributed by atoms with Crippen molar-refractivity contribution < 1.29 is 4.39 Å². The normalized spacial score (nSPS) is 12.2. The largest absolute Gasteiger partial charge is 0.311 e. The first-order valence-corrected chi connectivity index (χ1v) is 6.70. The standard InChI is InChI=1S/C14H19BrFN/c1-4-11(9-17-10(2)3)7-12-8-13(15)5-6-14(12)16/h5-8,10,17H,4,9H2,1-3H3. The van der Waals surface area contributed by atoms with Gasteiger partial charge in [-0.25, -0.2) is 4.39 Å². The van der Waals surface area contributed by atoms with Crippen molar-refractivity contribution in [2.45, 2.75) is 33.2 Å². The van der Waals surface area contributed by atoms with Gasteiger partial charge in [0.1, 0.15) is 5.82 Å². The number of hydrogen-bond donors (Lipinski definition) is 1. The van der Waals surface area contributed by atoms with Gasteiger partial charge in [0.2, 0.25) is 0 Å². The first kappa shape index (κ1) is 14.4. The van der Waals surface area contributed by atoms with E-state index in [0.717, 1.165) is 17.4 Å². The van der Waals surface area contributed by atoms with Crippen molar-refractivity contribution in [1.82, 2.24) is 5.32 Å². The second-order valence-electron chi connectivity index (χ2n) is 4.36. The molecule has 1 N–H and O–H groups in total. The van der Waals surface area contributed by atoms with Crippen molar-refractivity contribution in [3.63, 3.8) is 0 Å². The molecule has 0 aliphatic heterocycles. The molecule has 1 aromatic rings. The lowest BCUT2D eigenvalue weighted by Crippen LogP contribution is -2.24. The third-order valence-electron chi connectivity index (χ3n) is 2.51. The maximum atomic E-state index is 13.6. The molecule has 1 nitrogen and oxygen atoms in total. The summed E-state index contributed by atoms with van der Waals surface area (Å²) < 4.78 is 14.5. The first-order valence-electron chi connectivity index (χ1n) is 5.90. The summed E-state index contributed by atoms with van der Waals surface area (Å²) in [5.41, 5.74) is 1.84. The number of nitrogens with one attached hydrogen (secondary N) is 1. The van der Waals surface area contributed by atoms with Crippen LogP contribution in [0, 0.1) is 5.82 Å². The van der Waals surface area contributed by atoms with Crippen LogP contribution in [0.25, 0.3) is 6.08 Å². The molecule has 94 valence electrons. The summed E-state index contributed by atoms with van der Waals surface area (Å²) in [6.07, 6.45) is 2.85. The molecule has 0 aromatic heterocycles. The molecule has 0 saturated heterocycles. The fourth-order valence-electron chi connectivity index (χ4n) is 1.46. The third kappa shape index (κ3) is 5.00. The van der Waals surface area contributed by atoms with Gasteiger partial charge in [-0.05, 0) is 24.6 Å².